The van der Waals surface area contributed by atoms with Gasteiger partial charge in [-0.2, -0.15) is 13.2 Å². The number of methoxy groups -OCH3 is 1. The summed E-state index contributed by atoms with van der Waals surface area (Å²) in [4.78, 5) is 41.7. The SMILES string of the molecule is COCCC(=O)N1C[C@H]2CN(Cc3cccc(C)n3)C(=O)[C@H]2C1.O=C(O)C(F)(F)F. The molecule has 2 amide bonds. The van der Waals surface area contributed by atoms with Gasteiger partial charge in [0, 0.05) is 38.4 Å². The molecule has 11 heteroatoms. The molecule has 2 aliphatic rings. The number of aryl methyl sites for hydroxylation is 1. The number of hydrogen-bond donors (Lipinski definition) is 1. The minimum absolute atomic E-state index is 0.0497. The van der Waals surface area contributed by atoms with Crippen molar-refractivity contribution >= 4 is 17.8 Å². The molecule has 3 rings (SSSR count). The molecule has 1 aromatic rings. The minimum Gasteiger partial charge on any atom is -0.475 e. The van der Waals surface area contributed by atoms with E-state index in [4.69, 9.17) is 14.6 Å². The fourth-order valence-corrected chi connectivity index (χ4v) is 3.52. The van der Waals surface area contributed by atoms with Crippen LogP contribution in [-0.4, -0.2) is 77.2 Å². The minimum atomic E-state index is -5.08. The van der Waals surface area contributed by atoms with Gasteiger partial charge in [-0.1, -0.05) is 6.07 Å². The summed E-state index contributed by atoms with van der Waals surface area (Å²) in [5.74, 6) is -2.32. The zero-order valence-electron chi connectivity index (χ0n) is 16.7. The first-order valence-corrected chi connectivity index (χ1v) is 9.31. The first kappa shape index (κ1) is 23.6. The number of aromatic nitrogens is 1. The molecule has 8 nitrogen and oxygen atoms in total. The van der Waals surface area contributed by atoms with E-state index in [1.165, 1.54) is 0 Å². The number of amides is 2. The highest BCUT2D eigenvalue weighted by Gasteiger charge is 2.47. The van der Waals surface area contributed by atoms with E-state index in [1.54, 1.807) is 7.11 Å². The van der Waals surface area contributed by atoms with Gasteiger partial charge < -0.3 is 19.6 Å². The topological polar surface area (TPSA) is 100 Å². The molecule has 0 unspecified atom stereocenters. The van der Waals surface area contributed by atoms with Gasteiger partial charge in [0.1, 0.15) is 0 Å². The summed E-state index contributed by atoms with van der Waals surface area (Å²) in [6.45, 7) is 4.89. The largest absolute Gasteiger partial charge is 0.490 e. The normalized spacial score (nSPS) is 20.6. The van der Waals surface area contributed by atoms with E-state index >= 15 is 0 Å². The van der Waals surface area contributed by atoms with E-state index in [0.717, 1.165) is 11.4 Å². The van der Waals surface area contributed by atoms with Crippen LogP contribution < -0.4 is 0 Å². The summed E-state index contributed by atoms with van der Waals surface area (Å²) in [5, 5.41) is 7.12. The zero-order chi connectivity index (χ0) is 22.5. The van der Waals surface area contributed by atoms with Gasteiger partial charge in [-0.25, -0.2) is 4.79 Å². The number of carbonyl (C=O) groups excluding carboxylic acids is 2. The fourth-order valence-electron chi connectivity index (χ4n) is 3.52. The summed E-state index contributed by atoms with van der Waals surface area (Å²) in [5.41, 5.74) is 1.88. The molecule has 0 bridgehead atoms. The van der Waals surface area contributed by atoms with E-state index < -0.39 is 12.1 Å². The van der Waals surface area contributed by atoms with Gasteiger partial charge in [0.05, 0.1) is 31.2 Å². The molecule has 166 valence electrons. The summed E-state index contributed by atoms with van der Waals surface area (Å²) in [7, 11) is 1.59. The number of carbonyl (C=O) groups is 3. The molecule has 2 fully saturated rings. The van der Waals surface area contributed by atoms with Crippen molar-refractivity contribution in [3.8, 4) is 0 Å². The lowest BCUT2D eigenvalue weighted by Crippen LogP contribution is -2.35. The molecule has 30 heavy (non-hydrogen) atoms. The number of ether oxygens (including phenoxy) is 1. The predicted molar refractivity (Wildman–Crippen MR) is 98.1 cm³/mol. The Labute approximate surface area is 171 Å². The highest BCUT2D eigenvalue weighted by molar-refractivity contribution is 5.84. The molecule has 0 saturated carbocycles. The maximum absolute atomic E-state index is 12.6. The molecule has 0 radical (unpaired) electrons. The van der Waals surface area contributed by atoms with Crippen LogP contribution in [0.25, 0.3) is 0 Å². The third-order valence-corrected chi connectivity index (χ3v) is 4.94. The van der Waals surface area contributed by atoms with Crippen LogP contribution in [0.2, 0.25) is 0 Å². The smallest absolute Gasteiger partial charge is 0.475 e. The van der Waals surface area contributed by atoms with Crippen molar-refractivity contribution < 1.29 is 37.4 Å². The Morgan fingerprint density at radius 1 is 1.27 bits per heavy atom. The number of hydrogen-bond acceptors (Lipinski definition) is 5. The third kappa shape index (κ3) is 6.15. The van der Waals surface area contributed by atoms with Crippen LogP contribution in [0.4, 0.5) is 13.2 Å². The zero-order valence-corrected chi connectivity index (χ0v) is 16.7. The summed E-state index contributed by atoms with van der Waals surface area (Å²) in [6, 6.07) is 5.87. The molecule has 1 aromatic heterocycles. The van der Waals surface area contributed by atoms with Crippen molar-refractivity contribution in [2.24, 2.45) is 11.8 Å². The number of pyridine rings is 1. The van der Waals surface area contributed by atoms with E-state index in [0.29, 0.717) is 39.2 Å². The van der Waals surface area contributed by atoms with Gasteiger partial charge in [-0.15, -0.1) is 0 Å². The van der Waals surface area contributed by atoms with Crippen LogP contribution >= 0.6 is 0 Å². The number of fused-ring (bicyclic) bond motifs is 1. The molecule has 1 N–H and O–H groups in total. The maximum atomic E-state index is 12.6. The molecule has 0 spiro atoms. The number of likely N-dealkylation sites (tertiary alicyclic amines) is 2. The van der Waals surface area contributed by atoms with Gasteiger partial charge in [0.25, 0.3) is 0 Å². The van der Waals surface area contributed by atoms with Crippen LogP contribution in [0.5, 0.6) is 0 Å². The van der Waals surface area contributed by atoms with Crippen LogP contribution in [0.3, 0.4) is 0 Å². The summed E-state index contributed by atoms with van der Waals surface area (Å²) >= 11 is 0. The molecular weight excluding hydrogens is 407 g/mol. The molecule has 0 aromatic carbocycles. The molecule has 3 heterocycles. The second-order valence-electron chi connectivity index (χ2n) is 7.20. The molecular formula is C19H24F3N3O5. The Kier molecular flexibility index (Phi) is 7.77. The van der Waals surface area contributed by atoms with Crippen molar-refractivity contribution in [2.45, 2.75) is 26.1 Å². The van der Waals surface area contributed by atoms with E-state index in [9.17, 15) is 22.8 Å². The number of alkyl halides is 3. The number of halogens is 3. The predicted octanol–water partition coefficient (Wildman–Crippen LogP) is 1.48. The fraction of sp³-hybridized carbons (Fsp3) is 0.579. The quantitative estimate of drug-likeness (QED) is 0.758. The van der Waals surface area contributed by atoms with E-state index in [2.05, 4.69) is 4.98 Å². The number of aliphatic carboxylic acids is 1. The highest BCUT2D eigenvalue weighted by Crippen LogP contribution is 2.33. The number of rotatable bonds is 5. The summed E-state index contributed by atoms with van der Waals surface area (Å²) in [6.07, 6.45) is -4.69. The molecule has 2 atom stereocenters. The Morgan fingerprint density at radius 3 is 2.47 bits per heavy atom. The van der Waals surface area contributed by atoms with Crippen LogP contribution in [-0.2, 0) is 25.7 Å². The standard InChI is InChI=1S/C17H23N3O3.C2HF3O2/c1-12-4-3-5-14(18-12)10-20-9-13-8-19(11-15(13)17(20)22)16(21)6-7-23-2;3-2(4,5)1(6)7/h3-5,13,15H,6-11H2,1-2H3;(H,6,7)/t13-,15-;/m0./s1. The molecule has 2 saturated heterocycles. The van der Waals surface area contributed by atoms with Gasteiger partial charge in [-0.3, -0.25) is 14.6 Å². The van der Waals surface area contributed by atoms with Crippen molar-refractivity contribution in [3.63, 3.8) is 0 Å². The van der Waals surface area contributed by atoms with E-state index in [1.807, 2.05) is 34.9 Å². The average molecular weight is 431 g/mol. The lowest BCUT2D eigenvalue weighted by atomic mass is 10.0. The number of carboxylic acid groups (broad SMARTS) is 1. The highest BCUT2D eigenvalue weighted by atomic mass is 19.4. The van der Waals surface area contributed by atoms with Crippen LogP contribution in [0.15, 0.2) is 18.2 Å². The third-order valence-electron chi connectivity index (χ3n) is 4.94. The van der Waals surface area contributed by atoms with Gasteiger partial charge in [-0.05, 0) is 19.1 Å². The first-order valence-electron chi connectivity index (χ1n) is 9.31. The van der Waals surface area contributed by atoms with Crippen molar-refractivity contribution in [1.29, 1.82) is 0 Å². The van der Waals surface area contributed by atoms with Crippen LogP contribution in [0, 0.1) is 18.8 Å². The Bertz CT molecular complexity index is 787. The maximum Gasteiger partial charge on any atom is 0.490 e. The Hall–Kier alpha value is -2.69. The summed E-state index contributed by atoms with van der Waals surface area (Å²) < 4.78 is 36.7. The van der Waals surface area contributed by atoms with Crippen molar-refractivity contribution in [3.05, 3.63) is 29.6 Å². The average Bonchev–Trinajstić information content (AvgIpc) is 3.19. The molecule has 2 aliphatic heterocycles. The van der Waals surface area contributed by atoms with Gasteiger partial charge in [0.15, 0.2) is 0 Å². The second kappa shape index (κ2) is 9.88. The Morgan fingerprint density at radius 2 is 1.93 bits per heavy atom. The lowest BCUT2D eigenvalue weighted by molar-refractivity contribution is -0.192. The van der Waals surface area contributed by atoms with Crippen molar-refractivity contribution in [2.75, 3.05) is 33.4 Å². The van der Waals surface area contributed by atoms with Gasteiger partial charge in [0.2, 0.25) is 11.8 Å². The van der Waals surface area contributed by atoms with Crippen molar-refractivity contribution in [1.82, 2.24) is 14.8 Å². The number of nitrogens with zero attached hydrogens (tertiary/aromatic N) is 3. The second-order valence-corrected chi connectivity index (χ2v) is 7.20. The van der Waals surface area contributed by atoms with Gasteiger partial charge >= 0.3 is 12.1 Å². The lowest BCUT2D eigenvalue weighted by Gasteiger charge is -2.21. The molecule has 0 aliphatic carbocycles. The Balaban J connectivity index is 0.000000396. The first-order chi connectivity index (χ1) is 14.0. The van der Waals surface area contributed by atoms with Crippen LogP contribution in [0.1, 0.15) is 17.8 Å². The monoisotopic (exact) mass is 431 g/mol. The van der Waals surface area contributed by atoms with E-state index in [-0.39, 0.29) is 23.7 Å². The number of carboxylic acids is 1.